The molecule has 0 spiro atoms. The van der Waals surface area contributed by atoms with E-state index in [0.29, 0.717) is 11.5 Å². The van der Waals surface area contributed by atoms with Gasteiger partial charge < -0.3 is 4.74 Å². The second kappa shape index (κ2) is 4.82. The number of piperidine rings is 1. The largest absolute Gasteiger partial charge is 0.496 e. The van der Waals surface area contributed by atoms with Crippen molar-refractivity contribution in [2.45, 2.75) is 45.6 Å². The Morgan fingerprint density at radius 1 is 1.16 bits per heavy atom. The molecule has 104 valence electrons. The van der Waals surface area contributed by atoms with Crippen LogP contribution in [0.3, 0.4) is 0 Å². The maximum absolute atomic E-state index is 5.57. The van der Waals surface area contributed by atoms with Crippen molar-refractivity contribution in [2.75, 3.05) is 20.2 Å². The lowest BCUT2D eigenvalue weighted by Gasteiger charge is -2.40. The van der Waals surface area contributed by atoms with Gasteiger partial charge in [-0.1, -0.05) is 32.4 Å². The van der Waals surface area contributed by atoms with Gasteiger partial charge in [0, 0.05) is 6.04 Å². The summed E-state index contributed by atoms with van der Waals surface area (Å²) >= 11 is 0. The molecule has 0 bridgehead atoms. The van der Waals surface area contributed by atoms with Gasteiger partial charge in [-0.15, -0.1) is 0 Å². The third kappa shape index (κ3) is 2.16. The Balaban J connectivity index is 2.00. The molecule has 0 aromatic heterocycles. The smallest absolute Gasteiger partial charge is 0.122 e. The Bertz CT molecular complexity index is 460. The molecular formula is C17H25NO. The molecule has 0 amide bonds. The molecule has 1 atom stereocenters. The average molecular weight is 259 g/mol. The highest BCUT2D eigenvalue weighted by molar-refractivity contribution is 5.47. The third-order valence-electron chi connectivity index (χ3n) is 4.81. The van der Waals surface area contributed by atoms with Crippen LogP contribution in [0.1, 0.15) is 50.3 Å². The van der Waals surface area contributed by atoms with Gasteiger partial charge in [0.1, 0.15) is 5.75 Å². The summed E-state index contributed by atoms with van der Waals surface area (Å²) in [6, 6.07) is 7.13. The monoisotopic (exact) mass is 259 g/mol. The zero-order valence-electron chi connectivity index (χ0n) is 12.4. The van der Waals surface area contributed by atoms with Crippen molar-refractivity contribution in [3.63, 3.8) is 0 Å². The first kappa shape index (κ1) is 13.0. The van der Waals surface area contributed by atoms with E-state index in [1.807, 2.05) is 0 Å². The van der Waals surface area contributed by atoms with Crippen molar-refractivity contribution >= 4 is 0 Å². The fourth-order valence-electron chi connectivity index (χ4n) is 4.06. The van der Waals surface area contributed by atoms with Crippen LogP contribution in [0.5, 0.6) is 5.75 Å². The van der Waals surface area contributed by atoms with Crippen LogP contribution < -0.4 is 4.74 Å². The van der Waals surface area contributed by atoms with E-state index in [4.69, 9.17) is 4.74 Å². The van der Waals surface area contributed by atoms with Crippen LogP contribution in [-0.2, 0) is 6.42 Å². The van der Waals surface area contributed by atoms with E-state index in [1.54, 1.807) is 7.11 Å². The van der Waals surface area contributed by atoms with Gasteiger partial charge in [0.05, 0.1) is 7.11 Å². The number of hydrogen-bond donors (Lipinski definition) is 0. The van der Waals surface area contributed by atoms with Crippen molar-refractivity contribution in [1.82, 2.24) is 4.90 Å². The minimum Gasteiger partial charge on any atom is -0.496 e. The zero-order chi connectivity index (χ0) is 13.5. The molecule has 1 unspecified atom stereocenters. The summed E-state index contributed by atoms with van der Waals surface area (Å²) in [5, 5.41) is 0. The Labute approximate surface area is 116 Å². The Morgan fingerprint density at radius 2 is 1.89 bits per heavy atom. The number of hydrogen-bond acceptors (Lipinski definition) is 2. The van der Waals surface area contributed by atoms with Crippen LogP contribution in [0.15, 0.2) is 18.2 Å². The normalized spacial score (nSPS) is 26.2. The quantitative estimate of drug-likeness (QED) is 0.801. The van der Waals surface area contributed by atoms with Crippen molar-refractivity contribution in [2.24, 2.45) is 5.41 Å². The summed E-state index contributed by atoms with van der Waals surface area (Å²) < 4.78 is 5.57. The highest BCUT2D eigenvalue weighted by Gasteiger charge is 2.43. The molecule has 1 aliphatic carbocycles. The van der Waals surface area contributed by atoms with E-state index in [9.17, 15) is 0 Å². The topological polar surface area (TPSA) is 12.5 Å². The third-order valence-corrected chi connectivity index (χ3v) is 4.81. The van der Waals surface area contributed by atoms with Gasteiger partial charge >= 0.3 is 0 Å². The van der Waals surface area contributed by atoms with Crippen LogP contribution in [0.4, 0.5) is 0 Å². The Kier molecular flexibility index (Phi) is 3.30. The summed E-state index contributed by atoms with van der Waals surface area (Å²) in [6.07, 6.45) is 5.24. The number of benzene rings is 1. The van der Waals surface area contributed by atoms with Crippen LogP contribution >= 0.6 is 0 Å². The molecule has 1 heterocycles. The zero-order valence-corrected chi connectivity index (χ0v) is 12.4. The molecule has 2 nitrogen and oxygen atoms in total. The molecule has 0 saturated carbocycles. The summed E-state index contributed by atoms with van der Waals surface area (Å²) in [7, 11) is 1.79. The maximum Gasteiger partial charge on any atom is 0.122 e. The summed E-state index contributed by atoms with van der Waals surface area (Å²) in [5.41, 5.74) is 3.26. The molecular weight excluding hydrogens is 234 g/mol. The first-order chi connectivity index (χ1) is 9.13. The summed E-state index contributed by atoms with van der Waals surface area (Å²) in [4.78, 5) is 2.70. The predicted octanol–water partition coefficient (Wildman–Crippen LogP) is 3.80. The van der Waals surface area contributed by atoms with Gasteiger partial charge in [0.25, 0.3) is 0 Å². The van der Waals surface area contributed by atoms with Crippen molar-refractivity contribution in [3.8, 4) is 5.75 Å². The fraction of sp³-hybridized carbons (Fsp3) is 0.647. The van der Waals surface area contributed by atoms with E-state index >= 15 is 0 Å². The van der Waals surface area contributed by atoms with E-state index in [-0.39, 0.29) is 0 Å². The van der Waals surface area contributed by atoms with Crippen molar-refractivity contribution in [1.29, 1.82) is 0 Å². The van der Waals surface area contributed by atoms with E-state index in [1.165, 1.54) is 43.5 Å². The number of nitrogens with zero attached hydrogens (tertiary/aromatic N) is 1. The number of ether oxygens (including phenoxy) is 1. The highest BCUT2D eigenvalue weighted by atomic mass is 16.5. The summed E-state index contributed by atoms with van der Waals surface area (Å²) in [6.45, 7) is 7.33. The van der Waals surface area contributed by atoms with Gasteiger partial charge in [0.2, 0.25) is 0 Å². The maximum atomic E-state index is 5.57. The van der Waals surface area contributed by atoms with Gasteiger partial charge in [0.15, 0.2) is 0 Å². The first-order valence-electron chi connectivity index (χ1n) is 7.53. The lowest BCUT2D eigenvalue weighted by molar-refractivity contribution is 0.0826. The van der Waals surface area contributed by atoms with Gasteiger partial charge in [-0.25, -0.2) is 0 Å². The first-order valence-corrected chi connectivity index (χ1v) is 7.53. The van der Waals surface area contributed by atoms with Crippen LogP contribution in [0, 0.1) is 5.41 Å². The molecule has 2 heteroatoms. The number of methoxy groups -OCH3 is 1. The van der Waals surface area contributed by atoms with Crippen LogP contribution in [0.25, 0.3) is 0 Å². The van der Waals surface area contributed by atoms with E-state index in [2.05, 4.69) is 36.9 Å². The molecule has 0 N–H and O–H groups in total. The molecule has 1 aromatic rings. The number of rotatable bonds is 2. The Hall–Kier alpha value is -1.02. The van der Waals surface area contributed by atoms with E-state index < -0.39 is 0 Å². The molecule has 2 aliphatic rings. The van der Waals surface area contributed by atoms with Gasteiger partial charge in [-0.05, 0) is 55.0 Å². The molecule has 1 fully saturated rings. The van der Waals surface area contributed by atoms with Gasteiger partial charge in [-0.2, -0.15) is 0 Å². The van der Waals surface area contributed by atoms with E-state index in [0.717, 1.165) is 12.2 Å². The molecule has 1 aliphatic heterocycles. The predicted molar refractivity (Wildman–Crippen MR) is 78.6 cm³/mol. The molecule has 19 heavy (non-hydrogen) atoms. The van der Waals surface area contributed by atoms with Crippen LogP contribution in [-0.4, -0.2) is 25.1 Å². The standard InChI is InChI=1S/C17H25NO/c1-17(2)12-14-13(8-7-9-15(14)19-3)16(17)18-10-5-4-6-11-18/h7-9,16H,4-6,10-12H2,1-3H3. The Morgan fingerprint density at radius 3 is 2.58 bits per heavy atom. The molecule has 1 saturated heterocycles. The SMILES string of the molecule is COc1cccc2c1CC(C)(C)C2N1CCCCC1. The van der Waals surface area contributed by atoms with Crippen LogP contribution in [0.2, 0.25) is 0 Å². The van der Waals surface area contributed by atoms with Gasteiger partial charge in [-0.3, -0.25) is 4.90 Å². The average Bonchev–Trinajstić information content (AvgIpc) is 2.69. The highest BCUT2D eigenvalue weighted by Crippen LogP contribution is 2.51. The number of fused-ring (bicyclic) bond motifs is 1. The summed E-state index contributed by atoms with van der Waals surface area (Å²) in [5.74, 6) is 1.07. The lowest BCUT2D eigenvalue weighted by Crippen LogP contribution is -2.39. The second-order valence-corrected chi connectivity index (χ2v) is 6.69. The van der Waals surface area contributed by atoms with Crippen molar-refractivity contribution < 1.29 is 4.74 Å². The fourth-order valence-corrected chi connectivity index (χ4v) is 4.06. The second-order valence-electron chi connectivity index (χ2n) is 6.69. The van der Waals surface area contributed by atoms with Crippen molar-refractivity contribution in [3.05, 3.63) is 29.3 Å². The number of likely N-dealkylation sites (tertiary alicyclic amines) is 1. The molecule has 0 radical (unpaired) electrons. The minimum absolute atomic E-state index is 0.314. The lowest BCUT2D eigenvalue weighted by atomic mass is 9.83. The molecule has 1 aromatic carbocycles. The molecule has 3 rings (SSSR count). The minimum atomic E-state index is 0.314.